The highest BCUT2D eigenvalue weighted by Gasteiger charge is 2.27. The second-order valence-electron chi connectivity index (χ2n) is 6.54. The molecule has 1 aliphatic carbocycles. The van der Waals surface area contributed by atoms with Gasteiger partial charge in [0, 0.05) is 23.3 Å². The topological polar surface area (TPSA) is 72.9 Å². The average molecular weight is 312 g/mol. The first kappa shape index (κ1) is 15.7. The van der Waals surface area contributed by atoms with Gasteiger partial charge in [-0.25, -0.2) is 0 Å². The van der Waals surface area contributed by atoms with Crippen LogP contribution in [0.3, 0.4) is 0 Å². The Bertz CT molecular complexity index is 690. The van der Waals surface area contributed by atoms with Gasteiger partial charge in [-0.15, -0.1) is 0 Å². The molecular formula is C18H24N4O. The first-order valence-corrected chi connectivity index (χ1v) is 8.17. The van der Waals surface area contributed by atoms with E-state index in [1.807, 2.05) is 35.9 Å². The average Bonchev–Trinajstić information content (AvgIpc) is 3.07. The van der Waals surface area contributed by atoms with E-state index >= 15 is 0 Å². The molecule has 5 heteroatoms. The van der Waals surface area contributed by atoms with Crippen LogP contribution in [-0.2, 0) is 11.3 Å². The fourth-order valence-corrected chi connectivity index (χ4v) is 3.20. The van der Waals surface area contributed by atoms with E-state index in [1.54, 1.807) is 0 Å². The predicted octanol–water partition coefficient (Wildman–Crippen LogP) is 2.61. The standard InChI is InChI=1S/C18H24N4O/c1-12-9-13(2)22(21-12)11-14-3-7-17(8-4-14)20-18(23)15-5-6-16(19)10-15/h3-4,7-9,15-16H,5-6,10-11,19H2,1-2H3,(H,20,23)/t15-,16+/m0/s1. The Balaban J connectivity index is 1.61. The molecule has 1 fully saturated rings. The number of hydrogen-bond donors (Lipinski definition) is 2. The van der Waals surface area contributed by atoms with Gasteiger partial charge in [0.15, 0.2) is 0 Å². The minimum atomic E-state index is 0.0550. The van der Waals surface area contributed by atoms with Crippen LogP contribution in [0.4, 0.5) is 5.69 Å². The van der Waals surface area contributed by atoms with Crippen molar-refractivity contribution in [1.82, 2.24) is 9.78 Å². The van der Waals surface area contributed by atoms with Crippen LogP contribution >= 0.6 is 0 Å². The minimum absolute atomic E-state index is 0.0550. The number of benzene rings is 1. The molecule has 0 bridgehead atoms. The number of aromatic nitrogens is 2. The fraction of sp³-hybridized carbons (Fsp3) is 0.444. The van der Waals surface area contributed by atoms with Crippen molar-refractivity contribution in [2.45, 2.75) is 45.7 Å². The zero-order valence-electron chi connectivity index (χ0n) is 13.7. The van der Waals surface area contributed by atoms with Crippen LogP contribution in [0.1, 0.15) is 36.2 Å². The number of amides is 1. The van der Waals surface area contributed by atoms with Gasteiger partial charge in [0.1, 0.15) is 0 Å². The number of nitrogens with zero attached hydrogens (tertiary/aromatic N) is 2. The maximum Gasteiger partial charge on any atom is 0.227 e. The van der Waals surface area contributed by atoms with Crippen LogP contribution in [0.15, 0.2) is 30.3 Å². The minimum Gasteiger partial charge on any atom is -0.328 e. The van der Waals surface area contributed by atoms with E-state index in [9.17, 15) is 4.79 Å². The van der Waals surface area contributed by atoms with E-state index in [1.165, 1.54) is 0 Å². The zero-order valence-corrected chi connectivity index (χ0v) is 13.7. The summed E-state index contributed by atoms with van der Waals surface area (Å²) in [5.41, 5.74) is 10.1. The summed E-state index contributed by atoms with van der Waals surface area (Å²) in [5.74, 6) is 0.142. The summed E-state index contributed by atoms with van der Waals surface area (Å²) < 4.78 is 1.99. The maximum atomic E-state index is 12.2. The van der Waals surface area contributed by atoms with Gasteiger partial charge in [-0.05, 0) is 56.9 Å². The lowest BCUT2D eigenvalue weighted by atomic mass is 10.1. The number of carbonyl (C=O) groups excluding carboxylic acids is 1. The van der Waals surface area contributed by atoms with E-state index in [4.69, 9.17) is 5.73 Å². The molecule has 1 saturated carbocycles. The number of nitrogens with one attached hydrogen (secondary N) is 1. The van der Waals surface area contributed by atoms with Crippen LogP contribution < -0.4 is 11.1 Å². The third kappa shape index (κ3) is 3.79. The molecule has 0 saturated heterocycles. The Kier molecular flexibility index (Phi) is 4.48. The van der Waals surface area contributed by atoms with E-state index in [-0.39, 0.29) is 17.9 Å². The molecule has 122 valence electrons. The molecule has 1 aromatic heterocycles. The molecule has 1 heterocycles. The first-order chi connectivity index (χ1) is 11.0. The largest absolute Gasteiger partial charge is 0.328 e. The summed E-state index contributed by atoms with van der Waals surface area (Å²) in [4.78, 5) is 12.2. The summed E-state index contributed by atoms with van der Waals surface area (Å²) in [6.07, 6.45) is 2.63. The van der Waals surface area contributed by atoms with Gasteiger partial charge >= 0.3 is 0 Å². The van der Waals surface area contributed by atoms with E-state index < -0.39 is 0 Å². The molecule has 3 N–H and O–H groups in total. The molecule has 0 aliphatic heterocycles. The number of carbonyl (C=O) groups is 1. The summed E-state index contributed by atoms with van der Waals surface area (Å²) in [6.45, 7) is 4.79. The smallest absolute Gasteiger partial charge is 0.227 e. The molecule has 5 nitrogen and oxygen atoms in total. The number of hydrogen-bond acceptors (Lipinski definition) is 3. The van der Waals surface area contributed by atoms with Crippen molar-refractivity contribution in [2.75, 3.05) is 5.32 Å². The Morgan fingerprint density at radius 3 is 2.61 bits per heavy atom. The second kappa shape index (κ2) is 6.54. The van der Waals surface area contributed by atoms with Gasteiger partial charge < -0.3 is 11.1 Å². The lowest BCUT2D eigenvalue weighted by Gasteiger charge is -2.11. The molecule has 2 atom stereocenters. The highest BCUT2D eigenvalue weighted by Crippen LogP contribution is 2.25. The molecule has 0 spiro atoms. The van der Waals surface area contributed by atoms with Crippen LogP contribution in [0, 0.1) is 19.8 Å². The van der Waals surface area contributed by atoms with Crippen LogP contribution in [0.5, 0.6) is 0 Å². The Morgan fingerprint density at radius 2 is 2.04 bits per heavy atom. The van der Waals surface area contributed by atoms with Crippen LogP contribution in [-0.4, -0.2) is 21.7 Å². The summed E-state index contributed by atoms with van der Waals surface area (Å²) in [6, 6.07) is 10.2. The highest BCUT2D eigenvalue weighted by molar-refractivity contribution is 5.92. The Hall–Kier alpha value is -2.14. The van der Waals surface area contributed by atoms with Gasteiger partial charge in [0.05, 0.1) is 12.2 Å². The van der Waals surface area contributed by atoms with Gasteiger partial charge in [0.2, 0.25) is 5.91 Å². The fourth-order valence-electron chi connectivity index (χ4n) is 3.20. The van der Waals surface area contributed by atoms with E-state index in [2.05, 4.69) is 23.4 Å². The van der Waals surface area contributed by atoms with Gasteiger partial charge in [-0.3, -0.25) is 9.48 Å². The van der Waals surface area contributed by atoms with Gasteiger partial charge in [-0.1, -0.05) is 12.1 Å². The molecule has 0 unspecified atom stereocenters. The van der Waals surface area contributed by atoms with Crippen LogP contribution in [0.2, 0.25) is 0 Å². The van der Waals surface area contributed by atoms with Crippen molar-refractivity contribution in [3.63, 3.8) is 0 Å². The Labute approximate surface area is 136 Å². The Morgan fingerprint density at radius 1 is 1.30 bits per heavy atom. The van der Waals surface area contributed by atoms with Crippen molar-refractivity contribution in [3.05, 3.63) is 47.3 Å². The third-order valence-corrected chi connectivity index (χ3v) is 4.50. The lowest BCUT2D eigenvalue weighted by molar-refractivity contribution is -0.119. The number of anilines is 1. The normalized spacial score (nSPS) is 20.7. The number of nitrogens with two attached hydrogens (primary N) is 1. The monoisotopic (exact) mass is 312 g/mol. The summed E-state index contributed by atoms with van der Waals surface area (Å²) in [7, 11) is 0. The van der Waals surface area contributed by atoms with Gasteiger partial charge in [-0.2, -0.15) is 5.10 Å². The predicted molar refractivity (Wildman–Crippen MR) is 91.2 cm³/mol. The second-order valence-corrected chi connectivity index (χ2v) is 6.54. The van der Waals surface area contributed by atoms with Crippen molar-refractivity contribution in [3.8, 4) is 0 Å². The van der Waals surface area contributed by atoms with Crippen molar-refractivity contribution in [1.29, 1.82) is 0 Å². The molecular weight excluding hydrogens is 288 g/mol. The third-order valence-electron chi connectivity index (χ3n) is 4.50. The zero-order chi connectivity index (χ0) is 16.4. The van der Waals surface area contributed by atoms with Crippen molar-refractivity contribution < 1.29 is 4.79 Å². The molecule has 1 aliphatic rings. The molecule has 1 aromatic carbocycles. The SMILES string of the molecule is Cc1cc(C)n(Cc2ccc(NC(=O)[C@H]3CC[C@@H](N)C3)cc2)n1. The van der Waals surface area contributed by atoms with Crippen LogP contribution in [0.25, 0.3) is 0 Å². The van der Waals surface area contributed by atoms with Crippen molar-refractivity contribution in [2.24, 2.45) is 11.7 Å². The molecule has 3 rings (SSSR count). The number of aryl methyl sites for hydroxylation is 2. The van der Waals surface area contributed by atoms with Crippen molar-refractivity contribution >= 4 is 11.6 Å². The van der Waals surface area contributed by atoms with E-state index in [0.717, 1.165) is 48.4 Å². The lowest BCUT2D eigenvalue weighted by Crippen LogP contribution is -2.23. The summed E-state index contributed by atoms with van der Waals surface area (Å²) in [5, 5.41) is 7.46. The molecule has 2 aromatic rings. The highest BCUT2D eigenvalue weighted by atomic mass is 16.1. The molecule has 0 radical (unpaired) electrons. The molecule has 23 heavy (non-hydrogen) atoms. The quantitative estimate of drug-likeness (QED) is 0.911. The molecule has 1 amide bonds. The number of rotatable bonds is 4. The maximum absolute atomic E-state index is 12.2. The van der Waals surface area contributed by atoms with E-state index in [0.29, 0.717) is 0 Å². The first-order valence-electron chi connectivity index (χ1n) is 8.17. The summed E-state index contributed by atoms with van der Waals surface area (Å²) >= 11 is 0. The van der Waals surface area contributed by atoms with Gasteiger partial charge in [0.25, 0.3) is 0 Å².